The van der Waals surface area contributed by atoms with Gasteiger partial charge in [-0.3, -0.25) is 19.8 Å². The molecular weight excluding hydrogens is 344 g/mol. The van der Waals surface area contributed by atoms with E-state index in [2.05, 4.69) is 15.2 Å². The number of aromatic amines is 1. The van der Waals surface area contributed by atoms with Crippen LogP contribution in [0.1, 0.15) is 24.6 Å². The molecule has 7 nitrogen and oxygen atoms in total. The van der Waals surface area contributed by atoms with Crippen molar-refractivity contribution in [2.45, 2.75) is 19.8 Å². The monoisotopic (exact) mass is 364 g/mol. The van der Waals surface area contributed by atoms with E-state index >= 15 is 0 Å². The average Bonchev–Trinajstić information content (AvgIpc) is 2.68. The van der Waals surface area contributed by atoms with Crippen molar-refractivity contribution in [3.63, 3.8) is 0 Å². The molecule has 7 heteroatoms. The first-order valence-electron chi connectivity index (χ1n) is 8.67. The third-order valence-electron chi connectivity index (χ3n) is 4.16. The zero-order valence-corrected chi connectivity index (χ0v) is 14.9. The van der Waals surface area contributed by atoms with Gasteiger partial charge >= 0.3 is 6.09 Å². The molecule has 2 heterocycles. The van der Waals surface area contributed by atoms with Crippen molar-refractivity contribution in [1.29, 1.82) is 0 Å². The highest BCUT2D eigenvalue weighted by atomic mass is 16.4. The van der Waals surface area contributed by atoms with E-state index in [4.69, 9.17) is 0 Å². The van der Waals surface area contributed by atoms with Crippen LogP contribution in [0.15, 0.2) is 59.8 Å². The fourth-order valence-electron chi connectivity index (χ4n) is 2.89. The Morgan fingerprint density at radius 2 is 2.11 bits per heavy atom. The average molecular weight is 364 g/mol. The second kappa shape index (κ2) is 8.27. The third kappa shape index (κ3) is 4.20. The second-order valence-electron chi connectivity index (χ2n) is 6.10. The number of amides is 1. The number of hydrogen-bond acceptors (Lipinski definition) is 4. The molecule has 0 saturated heterocycles. The number of aromatic nitrogens is 3. The normalized spacial score (nSPS) is 10.6. The number of carbonyl (C=O) groups is 1. The van der Waals surface area contributed by atoms with Crippen LogP contribution in [0.4, 0.5) is 10.5 Å². The maximum absolute atomic E-state index is 12.8. The number of benzene rings is 1. The lowest BCUT2D eigenvalue weighted by Crippen LogP contribution is -2.29. The predicted molar refractivity (Wildman–Crippen MR) is 103 cm³/mol. The molecule has 0 saturated carbocycles. The van der Waals surface area contributed by atoms with E-state index in [-0.39, 0.29) is 5.43 Å². The van der Waals surface area contributed by atoms with E-state index in [0.717, 1.165) is 11.1 Å². The van der Waals surface area contributed by atoms with E-state index in [0.29, 0.717) is 36.3 Å². The van der Waals surface area contributed by atoms with Crippen LogP contribution in [0.5, 0.6) is 0 Å². The topological polar surface area (TPSA) is 99.2 Å². The highest BCUT2D eigenvalue weighted by Gasteiger charge is 2.15. The molecular formula is C20H20N4O3. The van der Waals surface area contributed by atoms with Crippen LogP contribution in [0.2, 0.25) is 0 Å². The summed E-state index contributed by atoms with van der Waals surface area (Å²) in [5.74, 6) is 0. The fraction of sp³-hybridized carbons (Fsp3) is 0.200. The number of H-pyrrole nitrogens is 1. The minimum absolute atomic E-state index is 0.171. The number of pyridine rings is 1. The highest BCUT2D eigenvalue weighted by molar-refractivity contribution is 5.86. The molecule has 0 aliphatic carbocycles. The fourth-order valence-corrected chi connectivity index (χ4v) is 2.89. The van der Waals surface area contributed by atoms with Gasteiger partial charge in [0, 0.05) is 42.8 Å². The van der Waals surface area contributed by atoms with E-state index in [9.17, 15) is 14.7 Å². The molecule has 138 valence electrons. The quantitative estimate of drug-likeness (QED) is 0.699. The summed E-state index contributed by atoms with van der Waals surface area (Å²) >= 11 is 0. The first-order valence-corrected chi connectivity index (χ1v) is 8.67. The van der Waals surface area contributed by atoms with Gasteiger partial charge in [0.25, 0.3) is 0 Å². The summed E-state index contributed by atoms with van der Waals surface area (Å²) in [6.07, 6.45) is 4.86. The van der Waals surface area contributed by atoms with Gasteiger partial charge in [0.15, 0.2) is 0 Å². The van der Waals surface area contributed by atoms with Gasteiger partial charge in [-0.1, -0.05) is 25.1 Å². The Hall–Kier alpha value is -3.48. The van der Waals surface area contributed by atoms with Gasteiger partial charge in [-0.25, -0.2) is 4.79 Å². The molecule has 1 aromatic carbocycles. The SMILES string of the molecule is CCCN(C(=O)O)c1cccc(Cc2n[nH]cc(-c3cccnc3)c2=O)c1. The molecule has 0 atom stereocenters. The molecule has 0 aliphatic heterocycles. The van der Waals surface area contributed by atoms with E-state index < -0.39 is 6.09 Å². The summed E-state index contributed by atoms with van der Waals surface area (Å²) in [4.78, 5) is 29.6. The molecule has 3 aromatic rings. The van der Waals surface area contributed by atoms with Gasteiger partial charge in [0.05, 0.1) is 5.56 Å². The molecule has 2 aromatic heterocycles. The Morgan fingerprint density at radius 1 is 1.26 bits per heavy atom. The Labute approximate surface area is 156 Å². The van der Waals surface area contributed by atoms with Gasteiger partial charge in [-0.2, -0.15) is 5.10 Å². The molecule has 3 rings (SSSR count). The van der Waals surface area contributed by atoms with Gasteiger partial charge in [-0.15, -0.1) is 0 Å². The largest absolute Gasteiger partial charge is 0.465 e. The zero-order valence-electron chi connectivity index (χ0n) is 14.9. The molecule has 0 unspecified atom stereocenters. The number of hydrogen-bond donors (Lipinski definition) is 2. The number of nitrogens with one attached hydrogen (secondary N) is 1. The van der Waals surface area contributed by atoms with Gasteiger partial charge in [-0.05, 0) is 30.2 Å². The first kappa shape index (κ1) is 18.3. The van der Waals surface area contributed by atoms with Crippen LogP contribution < -0.4 is 10.3 Å². The van der Waals surface area contributed by atoms with Crippen LogP contribution in [0.3, 0.4) is 0 Å². The zero-order chi connectivity index (χ0) is 19.2. The van der Waals surface area contributed by atoms with Crippen molar-refractivity contribution in [2.75, 3.05) is 11.4 Å². The van der Waals surface area contributed by atoms with Gasteiger partial charge in [0.2, 0.25) is 5.43 Å². The lowest BCUT2D eigenvalue weighted by Gasteiger charge is -2.19. The molecule has 0 fully saturated rings. The molecule has 0 radical (unpaired) electrons. The predicted octanol–water partition coefficient (Wildman–Crippen LogP) is 3.32. The number of nitrogens with zero attached hydrogens (tertiary/aromatic N) is 3. The number of anilines is 1. The van der Waals surface area contributed by atoms with E-state index in [1.165, 1.54) is 4.90 Å². The van der Waals surface area contributed by atoms with Crippen LogP contribution >= 0.6 is 0 Å². The summed E-state index contributed by atoms with van der Waals surface area (Å²) < 4.78 is 0. The van der Waals surface area contributed by atoms with Crippen LogP contribution in [0.25, 0.3) is 11.1 Å². The van der Waals surface area contributed by atoms with Crippen molar-refractivity contribution in [3.05, 3.63) is 76.5 Å². The molecule has 0 spiro atoms. The maximum Gasteiger partial charge on any atom is 0.411 e. The lowest BCUT2D eigenvalue weighted by molar-refractivity contribution is 0.202. The molecule has 27 heavy (non-hydrogen) atoms. The summed E-state index contributed by atoms with van der Waals surface area (Å²) in [5, 5.41) is 16.3. The number of carboxylic acid groups (broad SMARTS) is 1. The van der Waals surface area contributed by atoms with E-state index in [1.54, 1.807) is 42.9 Å². The summed E-state index contributed by atoms with van der Waals surface area (Å²) in [6, 6.07) is 10.8. The van der Waals surface area contributed by atoms with Crippen LogP contribution in [-0.2, 0) is 6.42 Å². The smallest absolute Gasteiger partial charge is 0.411 e. The van der Waals surface area contributed by atoms with Crippen molar-refractivity contribution in [2.24, 2.45) is 0 Å². The summed E-state index contributed by atoms with van der Waals surface area (Å²) in [7, 11) is 0. The summed E-state index contributed by atoms with van der Waals surface area (Å²) in [5.41, 5.74) is 2.82. The van der Waals surface area contributed by atoms with Gasteiger partial charge < -0.3 is 5.11 Å². The van der Waals surface area contributed by atoms with Crippen molar-refractivity contribution in [3.8, 4) is 11.1 Å². The Balaban J connectivity index is 1.91. The van der Waals surface area contributed by atoms with Crippen molar-refractivity contribution in [1.82, 2.24) is 15.2 Å². The standard InChI is InChI=1S/C20H20N4O3/c1-2-9-24(20(26)27)16-7-3-5-14(10-16)11-18-19(25)17(13-22-23-18)15-6-4-8-21-12-15/h3-8,10,12-13H,2,9,11H2,1H3,(H,22,25)(H,26,27). The molecule has 2 N–H and O–H groups in total. The Bertz CT molecular complexity index is 986. The maximum atomic E-state index is 12.8. The van der Waals surface area contributed by atoms with Crippen molar-refractivity contribution < 1.29 is 9.90 Å². The van der Waals surface area contributed by atoms with Crippen LogP contribution in [-0.4, -0.2) is 32.9 Å². The highest BCUT2D eigenvalue weighted by Crippen LogP contribution is 2.19. The molecule has 0 aliphatic rings. The Morgan fingerprint density at radius 3 is 2.81 bits per heavy atom. The minimum Gasteiger partial charge on any atom is -0.465 e. The number of rotatable bonds is 6. The lowest BCUT2D eigenvalue weighted by atomic mass is 10.0. The second-order valence-corrected chi connectivity index (χ2v) is 6.10. The first-order chi connectivity index (χ1) is 13.1. The summed E-state index contributed by atoms with van der Waals surface area (Å²) in [6.45, 7) is 2.33. The van der Waals surface area contributed by atoms with Gasteiger partial charge in [0.1, 0.15) is 5.69 Å². The molecule has 0 bridgehead atoms. The molecule has 1 amide bonds. The van der Waals surface area contributed by atoms with Crippen molar-refractivity contribution >= 4 is 11.8 Å². The van der Waals surface area contributed by atoms with Crippen LogP contribution in [0, 0.1) is 0 Å². The Kier molecular flexibility index (Phi) is 5.61. The minimum atomic E-state index is -0.997. The van der Waals surface area contributed by atoms with E-state index in [1.807, 2.05) is 19.1 Å². The third-order valence-corrected chi connectivity index (χ3v) is 4.16.